The van der Waals surface area contributed by atoms with E-state index in [0.717, 1.165) is 12.0 Å². The minimum Gasteiger partial charge on any atom is -0.468 e. The van der Waals surface area contributed by atoms with Gasteiger partial charge in [0.15, 0.2) is 0 Å². The van der Waals surface area contributed by atoms with Crippen LogP contribution < -0.4 is 0 Å². The van der Waals surface area contributed by atoms with Gasteiger partial charge < -0.3 is 4.74 Å². The smallest absolute Gasteiger partial charge is 0.316 e. The summed E-state index contributed by atoms with van der Waals surface area (Å²) in [6.07, 6.45) is 8.02. The van der Waals surface area contributed by atoms with E-state index in [1.54, 1.807) is 23.4 Å². The first-order chi connectivity index (χ1) is 14.4. The molecule has 30 heavy (non-hydrogen) atoms. The van der Waals surface area contributed by atoms with E-state index in [0.29, 0.717) is 38.0 Å². The summed E-state index contributed by atoms with van der Waals surface area (Å²) < 4.78 is 33.2. The first kappa shape index (κ1) is 21.5. The van der Waals surface area contributed by atoms with E-state index in [2.05, 4.69) is 4.99 Å². The Labute approximate surface area is 179 Å². The minimum atomic E-state index is -3.68. The Bertz CT molecular complexity index is 901. The Morgan fingerprint density at radius 1 is 1.27 bits per heavy atom. The lowest BCUT2D eigenvalue weighted by molar-refractivity contribution is -0.144. The average Bonchev–Trinajstić information content (AvgIpc) is 3.13. The molecule has 2 fully saturated rings. The molecule has 4 rings (SSSR count). The molecule has 2 unspecified atom stereocenters. The largest absolute Gasteiger partial charge is 0.468 e. The lowest BCUT2D eigenvalue weighted by Crippen LogP contribution is -2.45. The van der Waals surface area contributed by atoms with Crippen molar-refractivity contribution in [1.29, 1.82) is 0 Å². The Hall–Kier alpha value is -1.77. The fourth-order valence-electron chi connectivity index (χ4n) is 5.26. The van der Waals surface area contributed by atoms with Crippen molar-refractivity contribution < 1.29 is 17.9 Å². The number of rotatable bonds is 8. The number of carbonyl (C=O) groups is 1. The van der Waals surface area contributed by atoms with Gasteiger partial charge in [-0.05, 0) is 42.4 Å². The van der Waals surface area contributed by atoms with Crippen LogP contribution in [0, 0.1) is 11.8 Å². The van der Waals surface area contributed by atoms with E-state index < -0.39 is 15.4 Å². The molecular formula is C22H31N3O4S. The molecule has 1 aliphatic heterocycles. The van der Waals surface area contributed by atoms with Crippen molar-refractivity contribution in [2.75, 3.05) is 26.9 Å². The summed E-state index contributed by atoms with van der Waals surface area (Å²) in [5.74, 6) is 0.660. The van der Waals surface area contributed by atoms with Gasteiger partial charge in [0.1, 0.15) is 6.67 Å². The highest BCUT2D eigenvalue weighted by Gasteiger charge is 2.64. The molecule has 2 aliphatic carbocycles. The zero-order valence-electron chi connectivity index (χ0n) is 17.8. The molecule has 2 atom stereocenters. The summed E-state index contributed by atoms with van der Waals surface area (Å²) in [4.78, 5) is 17.1. The molecule has 1 aromatic carbocycles. The fourth-order valence-corrected chi connectivity index (χ4v) is 6.83. The van der Waals surface area contributed by atoms with Crippen molar-refractivity contribution in [2.45, 2.75) is 55.8 Å². The molecule has 2 saturated carbocycles. The number of aliphatic imine (C=N–C) groups is 1. The van der Waals surface area contributed by atoms with Crippen molar-refractivity contribution in [3.63, 3.8) is 0 Å². The summed E-state index contributed by atoms with van der Waals surface area (Å²) in [5.41, 5.74) is 0.259. The van der Waals surface area contributed by atoms with Gasteiger partial charge in [0.25, 0.3) is 10.0 Å². The summed E-state index contributed by atoms with van der Waals surface area (Å²) in [6.45, 7) is 3.21. The topological polar surface area (TPSA) is 79.3 Å². The van der Waals surface area contributed by atoms with Crippen LogP contribution in [0.25, 0.3) is 0 Å². The van der Waals surface area contributed by atoms with Crippen molar-refractivity contribution in [1.82, 2.24) is 9.42 Å². The molecule has 0 N–H and O–H groups in total. The standard InChI is InChI=1S/C22H31N3O4S/c1-3-13-25(24-14-12-23-16-24)30(27,28)19-10-8-18(9-11-19)22(21(26)29-2)15-20(22)17-6-4-5-7-17/h8-12,17,20H,3-7,13-16H2,1-2H3. The van der Waals surface area contributed by atoms with Crippen LogP contribution in [-0.2, 0) is 25.0 Å². The molecule has 0 radical (unpaired) electrons. The molecule has 0 bridgehead atoms. The molecular weight excluding hydrogens is 402 g/mol. The minimum absolute atomic E-state index is 0.197. The number of hydrogen-bond donors (Lipinski definition) is 0. The van der Waals surface area contributed by atoms with Gasteiger partial charge in [0.05, 0.1) is 24.0 Å². The number of nitrogens with zero attached hydrogens (tertiary/aromatic N) is 3. The number of hydrazine groups is 1. The van der Waals surface area contributed by atoms with Gasteiger partial charge in [0, 0.05) is 12.8 Å². The van der Waals surface area contributed by atoms with Crippen LogP contribution in [0.15, 0.2) is 34.2 Å². The number of sulfonamides is 1. The van der Waals surface area contributed by atoms with Crippen LogP contribution in [0.4, 0.5) is 0 Å². The van der Waals surface area contributed by atoms with Gasteiger partial charge >= 0.3 is 5.97 Å². The molecule has 8 heteroatoms. The van der Waals surface area contributed by atoms with Gasteiger partial charge in [-0.1, -0.05) is 44.7 Å². The van der Waals surface area contributed by atoms with Gasteiger partial charge in [-0.15, -0.1) is 4.41 Å². The summed E-state index contributed by atoms with van der Waals surface area (Å²) >= 11 is 0. The van der Waals surface area contributed by atoms with Crippen molar-refractivity contribution >= 4 is 22.2 Å². The summed E-state index contributed by atoms with van der Waals surface area (Å²) in [5, 5.41) is 1.74. The molecule has 1 aromatic rings. The Balaban J connectivity index is 1.60. The molecule has 3 aliphatic rings. The number of methoxy groups -OCH3 is 1. The van der Waals surface area contributed by atoms with E-state index >= 15 is 0 Å². The second-order valence-electron chi connectivity index (χ2n) is 8.59. The first-order valence-corrected chi connectivity index (χ1v) is 12.3. The molecule has 164 valence electrons. The average molecular weight is 434 g/mol. The molecule has 1 heterocycles. The zero-order chi connectivity index (χ0) is 21.4. The van der Waals surface area contributed by atoms with Gasteiger partial charge in [-0.2, -0.15) is 0 Å². The Morgan fingerprint density at radius 2 is 1.97 bits per heavy atom. The third kappa shape index (κ3) is 3.59. The predicted octanol–water partition coefficient (Wildman–Crippen LogP) is 2.97. The quantitative estimate of drug-likeness (QED) is 0.589. The normalized spacial score (nSPS) is 27.1. The Morgan fingerprint density at radius 3 is 2.53 bits per heavy atom. The zero-order valence-corrected chi connectivity index (χ0v) is 18.6. The maximum absolute atomic E-state index is 13.3. The third-order valence-electron chi connectivity index (χ3n) is 6.87. The molecule has 0 saturated heterocycles. The van der Waals surface area contributed by atoms with Crippen LogP contribution in [0.2, 0.25) is 0 Å². The number of ether oxygens (including phenoxy) is 1. The molecule has 7 nitrogen and oxygen atoms in total. The van der Waals surface area contributed by atoms with Crippen LogP contribution in [0.1, 0.15) is 51.0 Å². The molecule has 0 aromatic heterocycles. The van der Waals surface area contributed by atoms with E-state index in [9.17, 15) is 13.2 Å². The monoisotopic (exact) mass is 433 g/mol. The molecule has 0 spiro atoms. The Kier molecular flexibility index (Phi) is 6.01. The van der Waals surface area contributed by atoms with E-state index in [1.807, 2.05) is 19.1 Å². The lowest BCUT2D eigenvalue weighted by atomic mass is 9.87. The van der Waals surface area contributed by atoms with Crippen LogP contribution in [0.5, 0.6) is 0 Å². The predicted molar refractivity (Wildman–Crippen MR) is 114 cm³/mol. The van der Waals surface area contributed by atoms with E-state index in [-0.39, 0.29) is 10.9 Å². The van der Waals surface area contributed by atoms with Crippen LogP contribution in [-0.4, -0.2) is 56.9 Å². The summed E-state index contributed by atoms with van der Waals surface area (Å²) in [6, 6.07) is 6.89. The highest BCUT2D eigenvalue weighted by Crippen LogP contribution is 2.61. The van der Waals surface area contributed by atoms with Gasteiger partial charge in [-0.25, -0.2) is 13.4 Å². The van der Waals surface area contributed by atoms with Gasteiger partial charge in [0.2, 0.25) is 0 Å². The fraction of sp³-hybridized carbons (Fsp3) is 0.636. The number of hydrogen-bond acceptors (Lipinski definition) is 6. The van der Waals surface area contributed by atoms with Crippen molar-refractivity contribution in [3.05, 3.63) is 29.8 Å². The van der Waals surface area contributed by atoms with E-state index in [4.69, 9.17) is 4.74 Å². The van der Waals surface area contributed by atoms with Crippen molar-refractivity contribution in [3.8, 4) is 0 Å². The van der Waals surface area contributed by atoms with E-state index in [1.165, 1.54) is 37.2 Å². The third-order valence-corrected chi connectivity index (χ3v) is 8.71. The van der Waals surface area contributed by atoms with Crippen LogP contribution >= 0.6 is 0 Å². The van der Waals surface area contributed by atoms with Gasteiger partial charge in [-0.3, -0.25) is 9.79 Å². The summed E-state index contributed by atoms with van der Waals surface area (Å²) in [7, 11) is -2.24. The second-order valence-corrected chi connectivity index (χ2v) is 10.4. The highest BCUT2D eigenvalue weighted by molar-refractivity contribution is 7.89. The molecule has 0 amide bonds. The number of esters is 1. The number of benzene rings is 1. The second kappa shape index (κ2) is 8.40. The maximum atomic E-state index is 13.3. The first-order valence-electron chi connectivity index (χ1n) is 10.9. The van der Waals surface area contributed by atoms with Crippen LogP contribution in [0.3, 0.4) is 0 Å². The maximum Gasteiger partial charge on any atom is 0.316 e. The number of carbonyl (C=O) groups excluding carboxylic acids is 1. The lowest BCUT2D eigenvalue weighted by Gasteiger charge is -2.29. The highest BCUT2D eigenvalue weighted by atomic mass is 32.2. The van der Waals surface area contributed by atoms with Crippen molar-refractivity contribution in [2.24, 2.45) is 16.8 Å². The SMILES string of the molecule is CCCN(N1CC=NC1)S(=O)(=O)c1ccc(C2(C(=O)OC)CC2C2CCCC2)cc1.